The smallest absolute Gasteiger partial charge is 0.277 e. The molecule has 0 saturated carbocycles. The predicted molar refractivity (Wildman–Crippen MR) is 67.2 cm³/mol. The maximum absolute atomic E-state index is 12.4. The third kappa shape index (κ3) is 2.53. The Labute approximate surface area is 110 Å². The van der Waals surface area contributed by atoms with Gasteiger partial charge in [0.1, 0.15) is 6.04 Å². The van der Waals surface area contributed by atoms with E-state index in [0.29, 0.717) is 25.4 Å². The van der Waals surface area contributed by atoms with Crippen molar-refractivity contribution >= 4 is 17.5 Å². The highest BCUT2D eigenvalue weighted by molar-refractivity contribution is 5.99. The summed E-state index contributed by atoms with van der Waals surface area (Å²) in [4.78, 5) is 25.1. The predicted octanol–water partition coefficient (Wildman–Crippen LogP) is -1.19. The maximum Gasteiger partial charge on any atom is 0.277 e. The number of anilines is 1. The molecule has 0 aliphatic carbocycles. The Bertz CT molecular complexity index is 499. The van der Waals surface area contributed by atoms with E-state index in [1.165, 1.54) is 4.90 Å². The van der Waals surface area contributed by atoms with Gasteiger partial charge >= 0.3 is 0 Å². The number of carbonyl (C=O) groups is 2. The summed E-state index contributed by atoms with van der Waals surface area (Å²) in [5.74, 6) is -0.988. The van der Waals surface area contributed by atoms with Crippen LogP contribution in [-0.2, 0) is 16.1 Å². The van der Waals surface area contributed by atoms with E-state index in [4.69, 9.17) is 16.2 Å². The van der Waals surface area contributed by atoms with Crippen LogP contribution < -0.4 is 11.5 Å². The zero-order valence-corrected chi connectivity index (χ0v) is 10.7. The molecule has 104 valence electrons. The summed E-state index contributed by atoms with van der Waals surface area (Å²) < 4.78 is 6.74. The van der Waals surface area contributed by atoms with Gasteiger partial charge in [-0.3, -0.25) is 14.3 Å². The SMILES string of the molecule is CCn1cc(N)c(C(=O)N2CCOCC2C(N)=O)n1. The molecule has 1 aliphatic rings. The number of rotatable bonds is 3. The van der Waals surface area contributed by atoms with Crippen molar-refractivity contribution in [1.29, 1.82) is 0 Å². The van der Waals surface area contributed by atoms with Gasteiger partial charge < -0.3 is 21.1 Å². The molecule has 8 heteroatoms. The van der Waals surface area contributed by atoms with Crippen molar-refractivity contribution in [3.63, 3.8) is 0 Å². The van der Waals surface area contributed by atoms with Crippen LogP contribution >= 0.6 is 0 Å². The molecule has 1 saturated heterocycles. The van der Waals surface area contributed by atoms with Crippen LogP contribution in [-0.4, -0.2) is 52.3 Å². The average molecular weight is 267 g/mol. The molecule has 1 atom stereocenters. The molecular weight excluding hydrogens is 250 g/mol. The van der Waals surface area contributed by atoms with E-state index in [0.717, 1.165) is 0 Å². The van der Waals surface area contributed by atoms with E-state index in [2.05, 4.69) is 5.10 Å². The maximum atomic E-state index is 12.4. The van der Waals surface area contributed by atoms with Gasteiger partial charge in [0.15, 0.2) is 5.69 Å². The van der Waals surface area contributed by atoms with Gasteiger partial charge in [-0.2, -0.15) is 5.10 Å². The molecule has 1 aromatic heterocycles. The van der Waals surface area contributed by atoms with Gasteiger partial charge in [0.05, 0.1) is 18.9 Å². The highest BCUT2D eigenvalue weighted by Crippen LogP contribution is 2.16. The first kappa shape index (κ1) is 13.3. The second kappa shape index (κ2) is 5.27. The molecule has 1 aliphatic heterocycles. The summed E-state index contributed by atoms with van der Waals surface area (Å²) in [6.07, 6.45) is 1.59. The van der Waals surface area contributed by atoms with E-state index < -0.39 is 17.9 Å². The second-order valence-corrected chi connectivity index (χ2v) is 4.28. The number of nitrogens with zero attached hydrogens (tertiary/aromatic N) is 3. The van der Waals surface area contributed by atoms with E-state index in [1.54, 1.807) is 10.9 Å². The van der Waals surface area contributed by atoms with Crippen molar-refractivity contribution < 1.29 is 14.3 Å². The largest absolute Gasteiger partial charge is 0.396 e. The first-order valence-electron chi connectivity index (χ1n) is 6.05. The highest BCUT2D eigenvalue weighted by Gasteiger charge is 2.33. The van der Waals surface area contributed by atoms with Gasteiger partial charge in [-0.25, -0.2) is 0 Å². The molecule has 2 amide bonds. The molecule has 1 aromatic rings. The van der Waals surface area contributed by atoms with Crippen LogP contribution in [0.25, 0.3) is 0 Å². The summed E-state index contributed by atoms with van der Waals surface area (Å²) in [6, 6.07) is -0.771. The van der Waals surface area contributed by atoms with Crippen molar-refractivity contribution in [1.82, 2.24) is 14.7 Å². The topological polar surface area (TPSA) is 116 Å². The molecule has 4 N–H and O–H groups in total. The van der Waals surface area contributed by atoms with Gasteiger partial charge in [0, 0.05) is 19.3 Å². The lowest BCUT2D eigenvalue weighted by molar-refractivity contribution is -0.127. The minimum absolute atomic E-state index is 0.107. The minimum Gasteiger partial charge on any atom is -0.396 e. The van der Waals surface area contributed by atoms with Crippen LogP contribution in [0.3, 0.4) is 0 Å². The van der Waals surface area contributed by atoms with Crippen LogP contribution in [0, 0.1) is 0 Å². The van der Waals surface area contributed by atoms with Crippen LogP contribution in [0.15, 0.2) is 6.20 Å². The lowest BCUT2D eigenvalue weighted by Gasteiger charge is -2.33. The quantitative estimate of drug-likeness (QED) is 0.714. The molecule has 2 heterocycles. The second-order valence-electron chi connectivity index (χ2n) is 4.28. The number of ether oxygens (including phenoxy) is 1. The number of morpholine rings is 1. The molecule has 0 spiro atoms. The third-order valence-electron chi connectivity index (χ3n) is 3.03. The zero-order chi connectivity index (χ0) is 14.0. The van der Waals surface area contributed by atoms with Crippen LogP contribution in [0.4, 0.5) is 5.69 Å². The Hall–Kier alpha value is -2.09. The Morgan fingerprint density at radius 2 is 2.32 bits per heavy atom. The molecule has 1 fully saturated rings. The van der Waals surface area contributed by atoms with Crippen molar-refractivity contribution in [2.24, 2.45) is 5.73 Å². The van der Waals surface area contributed by atoms with Gasteiger partial charge in [-0.1, -0.05) is 0 Å². The molecule has 8 nitrogen and oxygen atoms in total. The summed E-state index contributed by atoms with van der Waals surface area (Å²) in [5, 5.41) is 4.10. The number of hydrogen-bond acceptors (Lipinski definition) is 5. The average Bonchev–Trinajstić information content (AvgIpc) is 2.79. The van der Waals surface area contributed by atoms with E-state index >= 15 is 0 Å². The summed E-state index contributed by atoms with van der Waals surface area (Å²) in [5.41, 5.74) is 11.5. The molecular formula is C11H17N5O3. The van der Waals surface area contributed by atoms with Gasteiger partial charge in [-0.05, 0) is 6.92 Å². The monoisotopic (exact) mass is 267 g/mol. The number of aryl methyl sites for hydroxylation is 1. The molecule has 1 unspecified atom stereocenters. The lowest BCUT2D eigenvalue weighted by atomic mass is 10.2. The summed E-state index contributed by atoms with van der Waals surface area (Å²) in [6.45, 7) is 3.27. The Morgan fingerprint density at radius 1 is 1.58 bits per heavy atom. The summed E-state index contributed by atoms with van der Waals surface area (Å²) >= 11 is 0. The van der Waals surface area contributed by atoms with Gasteiger partial charge in [0.25, 0.3) is 5.91 Å². The Morgan fingerprint density at radius 3 is 2.89 bits per heavy atom. The van der Waals surface area contributed by atoms with E-state index in [9.17, 15) is 9.59 Å². The molecule has 0 aromatic carbocycles. The minimum atomic E-state index is -0.771. The van der Waals surface area contributed by atoms with Crippen LogP contribution in [0.5, 0.6) is 0 Å². The van der Waals surface area contributed by atoms with Crippen LogP contribution in [0.2, 0.25) is 0 Å². The van der Waals surface area contributed by atoms with Crippen molar-refractivity contribution in [3.8, 4) is 0 Å². The molecule has 0 bridgehead atoms. The fourth-order valence-electron chi connectivity index (χ4n) is 1.98. The van der Waals surface area contributed by atoms with E-state index in [1.807, 2.05) is 6.92 Å². The molecule has 0 radical (unpaired) electrons. The van der Waals surface area contributed by atoms with Gasteiger partial charge in [0.2, 0.25) is 5.91 Å². The van der Waals surface area contributed by atoms with E-state index in [-0.39, 0.29) is 12.3 Å². The Kier molecular flexibility index (Phi) is 3.70. The summed E-state index contributed by atoms with van der Waals surface area (Å²) in [7, 11) is 0. The van der Waals surface area contributed by atoms with Crippen molar-refractivity contribution in [2.75, 3.05) is 25.5 Å². The number of primary amides is 1. The fraction of sp³-hybridized carbons (Fsp3) is 0.545. The first-order valence-corrected chi connectivity index (χ1v) is 6.05. The molecule has 19 heavy (non-hydrogen) atoms. The number of nitrogen functional groups attached to an aromatic ring is 1. The van der Waals surface area contributed by atoms with Crippen LogP contribution in [0.1, 0.15) is 17.4 Å². The lowest BCUT2D eigenvalue weighted by Crippen LogP contribution is -2.54. The van der Waals surface area contributed by atoms with Crippen molar-refractivity contribution in [2.45, 2.75) is 19.5 Å². The van der Waals surface area contributed by atoms with Gasteiger partial charge in [-0.15, -0.1) is 0 Å². The standard InChI is InChI=1S/C11H17N5O3/c1-2-15-5-7(12)9(14-15)11(18)16-3-4-19-6-8(16)10(13)17/h5,8H,2-4,6,12H2,1H3,(H2,13,17). The molecule has 2 rings (SSSR count). The highest BCUT2D eigenvalue weighted by atomic mass is 16.5. The zero-order valence-electron chi connectivity index (χ0n) is 10.7. The third-order valence-corrected chi connectivity index (χ3v) is 3.03. The number of amides is 2. The number of carbonyl (C=O) groups excluding carboxylic acids is 2. The number of nitrogens with two attached hydrogens (primary N) is 2. The number of aromatic nitrogens is 2. The Balaban J connectivity index is 2.25. The first-order chi connectivity index (χ1) is 9.04. The normalized spacial score (nSPS) is 19.4. The number of hydrogen-bond donors (Lipinski definition) is 2. The fourth-order valence-corrected chi connectivity index (χ4v) is 1.98. The van der Waals surface area contributed by atoms with Crippen molar-refractivity contribution in [3.05, 3.63) is 11.9 Å².